The van der Waals surface area contributed by atoms with Gasteiger partial charge in [-0.05, 0) is 12.8 Å². The molecule has 2 rings (SSSR count). The first-order valence-corrected chi connectivity index (χ1v) is 3.67. The molecule has 0 spiro atoms. The van der Waals surface area contributed by atoms with Crippen LogP contribution in [0, 0.1) is 12.5 Å². The Labute approximate surface area is 65.2 Å². The minimum Gasteiger partial charge on any atom is -0.402 e. The Morgan fingerprint density at radius 2 is 2.45 bits per heavy atom. The van der Waals surface area contributed by atoms with Gasteiger partial charge in [-0.1, -0.05) is 6.57 Å². The predicted octanol–water partition coefficient (Wildman–Crippen LogP) is 0.875. The molecular weight excluding hydrogens is 142 g/mol. The predicted molar refractivity (Wildman–Crippen MR) is 39.4 cm³/mol. The third-order valence-electron chi connectivity index (χ3n) is 1.98. The molecule has 0 radical (unpaired) electrons. The molecule has 1 heterocycles. The van der Waals surface area contributed by atoms with E-state index in [4.69, 9.17) is 11.4 Å². The van der Waals surface area contributed by atoms with Crippen molar-refractivity contribution in [1.82, 2.24) is 5.06 Å². The van der Waals surface area contributed by atoms with Crippen molar-refractivity contribution in [1.29, 1.82) is 0 Å². The molecule has 0 N–H and O–H groups in total. The Kier molecular flexibility index (Phi) is 1.33. The quantitative estimate of drug-likeness (QED) is 0.520. The fourth-order valence-electron chi connectivity index (χ4n) is 1.25. The van der Waals surface area contributed by atoms with Crippen molar-refractivity contribution in [3.63, 3.8) is 0 Å². The summed E-state index contributed by atoms with van der Waals surface area (Å²) in [5, 5.41) is 1.67. The van der Waals surface area contributed by atoms with Crippen LogP contribution in [0.25, 0.3) is 4.85 Å². The van der Waals surface area contributed by atoms with Crippen molar-refractivity contribution in [2.24, 2.45) is 10.9 Å². The standard InChI is InChI=1S/C7H9N3O/c1-8-7-9-6(5-3-4-5)10(2)11-7/h5-6H,3-4H2,2H3. The first-order chi connectivity index (χ1) is 5.31. The molecule has 1 aliphatic carbocycles. The van der Waals surface area contributed by atoms with Crippen molar-refractivity contribution in [3.05, 3.63) is 11.4 Å². The molecule has 4 nitrogen and oxygen atoms in total. The maximum Gasteiger partial charge on any atom is 0.460 e. The van der Waals surface area contributed by atoms with E-state index < -0.39 is 0 Å². The van der Waals surface area contributed by atoms with Crippen LogP contribution < -0.4 is 0 Å². The van der Waals surface area contributed by atoms with E-state index >= 15 is 0 Å². The average molecular weight is 151 g/mol. The molecule has 2 aliphatic rings. The lowest BCUT2D eigenvalue weighted by Crippen LogP contribution is -2.26. The van der Waals surface area contributed by atoms with Gasteiger partial charge >= 0.3 is 6.02 Å². The van der Waals surface area contributed by atoms with Crippen LogP contribution in [0.4, 0.5) is 0 Å². The third kappa shape index (κ3) is 1.08. The Bertz CT molecular complexity index is 239. The highest BCUT2D eigenvalue weighted by atomic mass is 16.7. The molecule has 0 amide bonds. The van der Waals surface area contributed by atoms with Gasteiger partial charge < -0.3 is 9.68 Å². The van der Waals surface area contributed by atoms with Crippen molar-refractivity contribution >= 4 is 6.02 Å². The molecule has 1 atom stereocenters. The van der Waals surface area contributed by atoms with Crippen molar-refractivity contribution in [2.45, 2.75) is 19.0 Å². The van der Waals surface area contributed by atoms with Gasteiger partial charge in [-0.15, -0.1) is 10.1 Å². The number of hydrogen-bond donors (Lipinski definition) is 0. The Hall–Kier alpha value is -1.08. The normalized spacial score (nSPS) is 30.9. The molecular formula is C7H9N3O. The van der Waals surface area contributed by atoms with E-state index in [2.05, 4.69) is 9.84 Å². The van der Waals surface area contributed by atoms with E-state index in [-0.39, 0.29) is 12.2 Å². The highest BCUT2D eigenvalue weighted by Crippen LogP contribution is 2.37. The first kappa shape index (κ1) is 6.62. The summed E-state index contributed by atoms with van der Waals surface area (Å²) in [7, 11) is 1.82. The lowest BCUT2D eigenvalue weighted by atomic mass is 10.3. The van der Waals surface area contributed by atoms with E-state index in [0.29, 0.717) is 5.92 Å². The van der Waals surface area contributed by atoms with Gasteiger partial charge in [-0.2, -0.15) is 0 Å². The largest absolute Gasteiger partial charge is 0.460 e. The van der Waals surface area contributed by atoms with E-state index in [1.165, 1.54) is 12.8 Å². The summed E-state index contributed by atoms with van der Waals surface area (Å²) in [6, 6.07) is 0.185. The van der Waals surface area contributed by atoms with Crippen molar-refractivity contribution < 1.29 is 4.84 Å². The summed E-state index contributed by atoms with van der Waals surface area (Å²) < 4.78 is 0. The zero-order valence-corrected chi connectivity index (χ0v) is 6.32. The zero-order chi connectivity index (χ0) is 7.84. The molecule has 0 aromatic rings. The molecule has 58 valence electrons. The molecule has 4 heteroatoms. The first-order valence-electron chi connectivity index (χ1n) is 3.67. The number of rotatable bonds is 1. The van der Waals surface area contributed by atoms with Crippen LogP contribution >= 0.6 is 0 Å². The molecule has 1 fully saturated rings. The number of aliphatic imine (C=N–C) groups is 1. The molecule has 0 aromatic carbocycles. The van der Waals surface area contributed by atoms with Gasteiger partial charge in [-0.3, -0.25) is 0 Å². The number of hydrogen-bond acceptors (Lipinski definition) is 3. The minimum absolute atomic E-state index is 0.110. The van der Waals surface area contributed by atoms with Gasteiger partial charge in [0, 0.05) is 13.0 Å². The minimum atomic E-state index is 0.110. The maximum atomic E-state index is 6.68. The van der Waals surface area contributed by atoms with Gasteiger partial charge in [-0.25, -0.2) is 0 Å². The average Bonchev–Trinajstić information content (AvgIpc) is 2.76. The van der Waals surface area contributed by atoms with E-state index in [1.807, 2.05) is 7.05 Å². The molecule has 0 bridgehead atoms. The second-order valence-electron chi connectivity index (χ2n) is 2.91. The number of nitrogens with zero attached hydrogens (tertiary/aromatic N) is 3. The summed E-state index contributed by atoms with van der Waals surface area (Å²) >= 11 is 0. The van der Waals surface area contributed by atoms with Crippen LogP contribution in [-0.4, -0.2) is 24.3 Å². The Morgan fingerprint density at radius 3 is 2.91 bits per heavy atom. The fraction of sp³-hybridized carbons (Fsp3) is 0.714. The van der Waals surface area contributed by atoms with Crippen LogP contribution in [-0.2, 0) is 4.84 Å². The Balaban J connectivity index is 2.10. The third-order valence-corrected chi connectivity index (χ3v) is 1.98. The summed E-state index contributed by atoms with van der Waals surface area (Å²) in [4.78, 5) is 12.3. The van der Waals surface area contributed by atoms with E-state index in [9.17, 15) is 0 Å². The summed E-state index contributed by atoms with van der Waals surface area (Å²) in [6.45, 7) is 6.68. The van der Waals surface area contributed by atoms with Gasteiger partial charge in [0.05, 0.1) is 0 Å². The number of amidine groups is 1. The van der Waals surface area contributed by atoms with Crippen LogP contribution in [0.15, 0.2) is 4.99 Å². The highest BCUT2D eigenvalue weighted by molar-refractivity contribution is 5.84. The highest BCUT2D eigenvalue weighted by Gasteiger charge is 2.42. The lowest BCUT2D eigenvalue weighted by molar-refractivity contribution is -0.0618. The van der Waals surface area contributed by atoms with E-state index in [1.54, 1.807) is 5.06 Å². The summed E-state index contributed by atoms with van der Waals surface area (Å²) in [5.41, 5.74) is 0. The summed E-state index contributed by atoms with van der Waals surface area (Å²) in [5.74, 6) is 0.624. The van der Waals surface area contributed by atoms with Gasteiger partial charge in [0.25, 0.3) is 0 Å². The van der Waals surface area contributed by atoms with Gasteiger partial charge in [0.15, 0.2) is 0 Å². The van der Waals surface area contributed by atoms with Crippen LogP contribution in [0.1, 0.15) is 12.8 Å². The van der Waals surface area contributed by atoms with Crippen LogP contribution in [0.5, 0.6) is 0 Å². The lowest BCUT2D eigenvalue weighted by Gasteiger charge is -2.11. The maximum absolute atomic E-state index is 6.68. The molecule has 1 unspecified atom stereocenters. The van der Waals surface area contributed by atoms with Gasteiger partial charge in [0.1, 0.15) is 0 Å². The second kappa shape index (κ2) is 2.21. The second-order valence-corrected chi connectivity index (χ2v) is 2.91. The van der Waals surface area contributed by atoms with Crippen LogP contribution in [0.2, 0.25) is 0 Å². The topological polar surface area (TPSA) is 29.2 Å². The smallest absolute Gasteiger partial charge is 0.402 e. The zero-order valence-electron chi connectivity index (χ0n) is 6.32. The number of hydroxylamine groups is 2. The molecule has 0 aromatic heterocycles. The van der Waals surface area contributed by atoms with Crippen molar-refractivity contribution in [2.75, 3.05) is 7.05 Å². The molecule has 1 saturated carbocycles. The molecule has 0 saturated heterocycles. The SMILES string of the molecule is [C-]#[N+]C1=NC(C2CC2)N(C)O1. The Morgan fingerprint density at radius 1 is 1.73 bits per heavy atom. The monoisotopic (exact) mass is 151 g/mol. The fourth-order valence-corrected chi connectivity index (χ4v) is 1.25. The molecule has 1 aliphatic heterocycles. The molecule has 11 heavy (non-hydrogen) atoms. The van der Waals surface area contributed by atoms with Crippen LogP contribution in [0.3, 0.4) is 0 Å². The van der Waals surface area contributed by atoms with Crippen molar-refractivity contribution in [3.8, 4) is 0 Å². The van der Waals surface area contributed by atoms with Gasteiger partial charge in [0.2, 0.25) is 6.17 Å². The van der Waals surface area contributed by atoms with E-state index in [0.717, 1.165) is 0 Å². The summed E-state index contributed by atoms with van der Waals surface area (Å²) in [6.07, 6.45) is 2.54.